The lowest BCUT2D eigenvalue weighted by molar-refractivity contribution is -0.125. The van der Waals surface area contributed by atoms with Crippen LogP contribution >= 0.6 is 0 Å². The molecule has 210 valence electrons. The Morgan fingerprint density at radius 1 is 1.17 bits per heavy atom. The van der Waals surface area contributed by atoms with Crippen molar-refractivity contribution in [1.29, 1.82) is 5.26 Å². The Bertz CT molecular complexity index is 1690. The highest BCUT2D eigenvalue weighted by Gasteiger charge is 2.29. The van der Waals surface area contributed by atoms with Gasteiger partial charge in [0.05, 0.1) is 5.69 Å². The number of nitriles is 1. The number of aromatic nitrogens is 4. The number of rotatable bonds is 10. The molecule has 1 fully saturated rings. The van der Waals surface area contributed by atoms with E-state index in [2.05, 4.69) is 15.3 Å². The Balaban J connectivity index is 1.39. The van der Waals surface area contributed by atoms with E-state index in [0.29, 0.717) is 34.4 Å². The lowest BCUT2D eigenvalue weighted by Crippen LogP contribution is -2.40. The molecule has 11 nitrogen and oxygen atoms in total. The molecule has 41 heavy (non-hydrogen) atoms. The second-order valence-corrected chi connectivity index (χ2v) is 10.6. The third-order valence-electron chi connectivity index (χ3n) is 6.82. The van der Waals surface area contributed by atoms with E-state index >= 15 is 0 Å². The molecule has 5 rings (SSSR count). The van der Waals surface area contributed by atoms with Crippen LogP contribution in [0.15, 0.2) is 77.4 Å². The predicted molar refractivity (Wildman–Crippen MR) is 156 cm³/mol. The molecule has 1 aliphatic rings. The largest absolute Gasteiger partial charge is 0.457 e. The fourth-order valence-corrected chi connectivity index (χ4v) is 4.69. The highest BCUT2D eigenvalue weighted by molar-refractivity contribution is 5.97. The Labute approximate surface area is 237 Å². The van der Waals surface area contributed by atoms with Crippen LogP contribution in [-0.2, 0) is 11.3 Å². The van der Waals surface area contributed by atoms with Crippen molar-refractivity contribution < 1.29 is 9.53 Å². The zero-order valence-electron chi connectivity index (χ0n) is 23.2. The van der Waals surface area contributed by atoms with Crippen molar-refractivity contribution in [1.82, 2.24) is 29.3 Å². The van der Waals surface area contributed by atoms with Gasteiger partial charge in [-0.15, -0.1) is 0 Å². The highest BCUT2D eigenvalue weighted by atomic mass is 16.5. The molecular weight excluding hydrogens is 520 g/mol. The summed E-state index contributed by atoms with van der Waals surface area (Å²) in [7, 11) is 1.61. The molecule has 0 unspecified atom stereocenters. The van der Waals surface area contributed by atoms with E-state index in [9.17, 15) is 14.9 Å². The van der Waals surface area contributed by atoms with Crippen molar-refractivity contribution in [2.24, 2.45) is 0 Å². The van der Waals surface area contributed by atoms with E-state index in [4.69, 9.17) is 10.5 Å². The molecule has 2 aromatic heterocycles. The third kappa shape index (κ3) is 6.13. The summed E-state index contributed by atoms with van der Waals surface area (Å²) in [6.45, 7) is 4.18. The van der Waals surface area contributed by atoms with Gasteiger partial charge in [-0.05, 0) is 69.2 Å². The zero-order valence-corrected chi connectivity index (χ0v) is 23.2. The summed E-state index contributed by atoms with van der Waals surface area (Å²) in [4.78, 5) is 36.7. The average molecular weight is 553 g/mol. The van der Waals surface area contributed by atoms with Crippen LogP contribution in [0.4, 0.5) is 5.82 Å². The van der Waals surface area contributed by atoms with Gasteiger partial charge in [0.2, 0.25) is 0 Å². The standard InChI is InChI=1S/C30H32N8O3/c1-30(2,35-21-9-10-21)17-20(18-31)28(39)36(3)15-16-37-27-25(26(32)33-19-34-27)38(29(37)40)22-11-13-24(14-12-22)41-23-7-5-4-6-8-23/h4-8,11-14,17,19,21,35H,9-10,15-16H2,1-3H3,(H2,32,33,34). The van der Waals surface area contributed by atoms with Gasteiger partial charge in [-0.1, -0.05) is 18.2 Å². The molecule has 1 saturated carbocycles. The number of ether oxygens (including phenoxy) is 1. The first-order chi connectivity index (χ1) is 19.7. The lowest BCUT2D eigenvalue weighted by Gasteiger charge is -2.24. The Hall–Kier alpha value is -4.95. The van der Waals surface area contributed by atoms with Crippen LogP contribution < -0.4 is 21.5 Å². The van der Waals surface area contributed by atoms with Gasteiger partial charge in [-0.2, -0.15) is 5.26 Å². The van der Waals surface area contributed by atoms with Crippen LogP contribution in [0.5, 0.6) is 11.5 Å². The van der Waals surface area contributed by atoms with Crippen LogP contribution in [-0.4, -0.2) is 55.1 Å². The number of carbonyl (C=O) groups is 1. The van der Waals surface area contributed by atoms with Crippen LogP contribution in [0.25, 0.3) is 16.9 Å². The topological polar surface area (TPSA) is 144 Å². The number of nitrogens with two attached hydrogens (primary N) is 1. The number of amides is 1. The molecule has 2 heterocycles. The maximum atomic E-state index is 13.7. The Morgan fingerprint density at radius 2 is 1.85 bits per heavy atom. The van der Waals surface area contributed by atoms with E-state index in [0.717, 1.165) is 12.8 Å². The minimum absolute atomic E-state index is 0.0461. The molecule has 0 spiro atoms. The summed E-state index contributed by atoms with van der Waals surface area (Å²) in [5.41, 5.74) is 6.65. The van der Waals surface area contributed by atoms with Crippen molar-refractivity contribution >= 4 is 22.9 Å². The normalized spacial score (nSPS) is 13.7. The van der Waals surface area contributed by atoms with Gasteiger partial charge in [-0.3, -0.25) is 13.9 Å². The van der Waals surface area contributed by atoms with E-state index < -0.39 is 11.4 Å². The van der Waals surface area contributed by atoms with Crippen molar-refractivity contribution in [2.45, 2.75) is 44.8 Å². The van der Waals surface area contributed by atoms with Gasteiger partial charge in [0, 0.05) is 31.7 Å². The van der Waals surface area contributed by atoms with Crippen molar-refractivity contribution in [3.63, 3.8) is 0 Å². The van der Waals surface area contributed by atoms with Crippen LogP contribution in [0.1, 0.15) is 26.7 Å². The van der Waals surface area contributed by atoms with Crippen LogP contribution in [0.2, 0.25) is 0 Å². The number of imidazole rings is 1. The number of nitrogens with one attached hydrogen (secondary N) is 1. The smallest absolute Gasteiger partial charge is 0.335 e. The fraction of sp³-hybridized carbons (Fsp3) is 0.300. The summed E-state index contributed by atoms with van der Waals surface area (Å²) < 4.78 is 8.78. The molecule has 0 aliphatic heterocycles. The fourth-order valence-electron chi connectivity index (χ4n) is 4.69. The maximum Gasteiger partial charge on any atom is 0.335 e. The predicted octanol–water partition coefficient (Wildman–Crippen LogP) is 3.40. The number of likely N-dealkylation sites (N-methyl/N-ethyl adjacent to an activating group) is 1. The summed E-state index contributed by atoms with van der Waals surface area (Å²) >= 11 is 0. The van der Waals surface area contributed by atoms with Crippen molar-refractivity contribution in [3.05, 3.63) is 83.1 Å². The lowest BCUT2D eigenvalue weighted by atomic mass is 10.0. The van der Waals surface area contributed by atoms with Gasteiger partial charge >= 0.3 is 5.69 Å². The average Bonchev–Trinajstić information content (AvgIpc) is 3.72. The van der Waals surface area contributed by atoms with Crippen molar-refractivity contribution in [3.8, 4) is 23.3 Å². The number of benzene rings is 2. The molecule has 11 heteroatoms. The molecule has 0 radical (unpaired) electrons. The second kappa shape index (κ2) is 11.3. The molecule has 0 atom stereocenters. The third-order valence-corrected chi connectivity index (χ3v) is 6.82. The first-order valence-corrected chi connectivity index (χ1v) is 13.4. The molecule has 0 bridgehead atoms. The molecule has 1 amide bonds. The number of hydrogen-bond acceptors (Lipinski definition) is 8. The van der Waals surface area contributed by atoms with Gasteiger partial charge in [0.25, 0.3) is 5.91 Å². The number of carbonyl (C=O) groups excluding carboxylic acids is 1. The quantitative estimate of drug-likeness (QED) is 0.225. The first kappa shape index (κ1) is 27.6. The summed E-state index contributed by atoms with van der Waals surface area (Å²) in [5, 5.41) is 13.1. The summed E-state index contributed by atoms with van der Waals surface area (Å²) in [5.74, 6) is 1.04. The maximum absolute atomic E-state index is 13.7. The van der Waals surface area contributed by atoms with E-state index in [1.54, 1.807) is 37.4 Å². The van der Waals surface area contributed by atoms with Crippen LogP contribution in [0.3, 0.4) is 0 Å². The molecular formula is C30H32N8O3. The Morgan fingerprint density at radius 3 is 2.51 bits per heavy atom. The zero-order chi connectivity index (χ0) is 29.1. The van der Waals surface area contributed by atoms with E-state index in [1.807, 2.05) is 50.2 Å². The number of para-hydroxylation sites is 1. The minimum Gasteiger partial charge on any atom is -0.457 e. The Kier molecular flexibility index (Phi) is 7.59. The summed E-state index contributed by atoms with van der Waals surface area (Å²) in [6.07, 6.45) is 5.15. The van der Waals surface area contributed by atoms with Crippen LogP contribution in [0, 0.1) is 11.3 Å². The number of nitrogens with zero attached hydrogens (tertiary/aromatic N) is 6. The number of nitrogen functional groups attached to an aromatic ring is 1. The molecule has 0 saturated heterocycles. The van der Waals surface area contributed by atoms with Gasteiger partial charge in [-0.25, -0.2) is 14.8 Å². The van der Waals surface area contributed by atoms with Crippen molar-refractivity contribution in [2.75, 3.05) is 19.3 Å². The van der Waals surface area contributed by atoms with Gasteiger partial charge in [0.1, 0.15) is 35.0 Å². The van der Waals surface area contributed by atoms with Gasteiger partial charge < -0.3 is 20.7 Å². The minimum atomic E-state index is -0.497. The molecule has 4 aromatic rings. The number of hydrogen-bond donors (Lipinski definition) is 2. The SMILES string of the molecule is CN(CCn1c(=O)n(-c2ccc(Oc3ccccc3)cc2)c2c(N)ncnc21)C(=O)C(C#N)=CC(C)(C)NC1CC1. The second-order valence-electron chi connectivity index (χ2n) is 10.6. The monoisotopic (exact) mass is 552 g/mol. The van der Waals surface area contributed by atoms with E-state index in [-0.39, 0.29) is 30.2 Å². The first-order valence-electron chi connectivity index (χ1n) is 13.4. The molecule has 3 N–H and O–H groups in total. The number of fused-ring (bicyclic) bond motifs is 1. The molecule has 2 aromatic carbocycles. The van der Waals surface area contributed by atoms with E-state index in [1.165, 1.54) is 20.4 Å². The molecule has 1 aliphatic carbocycles. The number of anilines is 1. The highest BCUT2D eigenvalue weighted by Crippen LogP contribution is 2.26. The summed E-state index contributed by atoms with van der Waals surface area (Å²) in [6, 6.07) is 18.9. The van der Waals surface area contributed by atoms with Gasteiger partial charge in [0.15, 0.2) is 11.5 Å².